The summed E-state index contributed by atoms with van der Waals surface area (Å²) in [4.78, 5) is 0. The molecule has 1 aromatic rings. The molecule has 0 saturated heterocycles. The fourth-order valence-corrected chi connectivity index (χ4v) is 2.75. The molecule has 1 rings (SSSR count). The van der Waals surface area contributed by atoms with Gasteiger partial charge in [-0.2, -0.15) is 13.1 Å². The van der Waals surface area contributed by atoms with Crippen molar-refractivity contribution in [3.05, 3.63) is 34.3 Å². The molecule has 0 bridgehead atoms. The van der Waals surface area contributed by atoms with Crippen molar-refractivity contribution in [1.82, 2.24) is 9.44 Å². The van der Waals surface area contributed by atoms with E-state index in [-0.39, 0.29) is 6.04 Å². The van der Waals surface area contributed by atoms with Crippen molar-refractivity contribution in [2.24, 2.45) is 0 Å². The summed E-state index contributed by atoms with van der Waals surface area (Å²) in [6.07, 6.45) is 0.771. The SMILES string of the molecule is CCCNS(=O)(=O)NC(C)c1ccc(Br)cc1. The van der Waals surface area contributed by atoms with Gasteiger partial charge in [0.25, 0.3) is 10.2 Å². The number of halogens is 1. The van der Waals surface area contributed by atoms with Crippen LogP contribution in [0.25, 0.3) is 0 Å². The van der Waals surface area contributed by atoms with E-state index in [9.17, 15) is 8.42 Å². The van der Waals surface area contributed by atoms with Gasteiger partial charge in [-0.25, -0.2) is 4.72 Å². The van der Waals surface area contributed by atoms with E-state index in [1.54, 1.807) is 0 Å². The quantitative estimate of drug-likeness (QED) is 0.845. The van der Waals surface area contributed by atoms with E-state index in [1.807, 2.05) is 38.1 Å². The van der Waals surface area contributed by atoms with Crippen LogP contribution in [0.3, 0.4) is 0 Å². The fraction of sp³-hybridized carbons (Fsp3) is 0.455. The molecule has 0 saturated carbocycles. The maximum absolute atomic E-state index is 11.6. The van der Waals surface area contributed by atoms with Gasteiger partial charge < -0.3 is 0 Å². The fourth-order valence-electron chi connectivity index (χ4n) is 1.33. The second kappa shape index (κ2) is 6.49. The highest BCUT2D eigenvalue weighted by Gasteiger charge is 2.14. The van der Waals surface area contributed by atoms with Gasteiger partial charge in [-0.3, -0.25) is 0 Å². The zero-order valence-electron chi connectivity index (χ0n) is 9.90. The average molecular weight is 321 g/mol. The first kappa shape index (κ1) is 14.6. The van der Waals surface area contributed by atoms with Gasteiger partial charge in [0.2, 0.25) is 0 Å². The maximum atomic E-state index is 11.6. The second-order valence-electron chi connectivity index (χ2n) is 3.79. The van der Waals surface area contributed by atoms with Crippen LogP contribution in [0.5, 0.6) is 0 Å². The number of hydrogen-bond donors (Lipinski definition) is 2. The molecule has 96 valence electrons. The lowest BCUT2D eigenvalue weighted by molar-refractivity contribution is 0.551. The van der Waals surface area contributed by atoms with Crippen LogP contribution in [-0.2, 0) is 10.2 Å². The minimum atomic E-state index is -3.41. The third kappa shape index (κ3) is 5.16. The highest BCUT2D eigenvalue weighted by molar-refractivity contribution is 9.10. The van der Waals surface area contributed by atoms with Gasteiger partial charge in [0.05, 0.1) is 0 Å². The summed E-state index contributed by atoms with van der Waals surface area (Å²) in [6.45, 7) is 4.18. The number of benzene rings is 1. The summed E-state index contributed by atoms with van der Waals surface area (Å²) in [5, 5.41) is 0. The normalized spacial score (nSPS) is 13.6. The Morgan fingerprint density at radius 1 is 1.29 bits per heavy atom. The molecule has 6 heteroatoms. The molecule has 0 amide bonds. The average Bonchev–Trinajstić information content (AvgIpc) is 2.26. The summed E-state index contributed by atoms with van der Waals surface area (Å²) >= 11 is 3.34. The molecule has 0 spiro atoms. The van der Waals surface area contributed by atoms with Crippen molar-refractivity contribution in [3.63, 3.8) is 0 Å². The standard InChI is InChI=1S/C11H17BrN2O2S/c1-3-8-13-17(15,16)14-9(2)10-4-6-11(12)7-5-10/h4-7,9,13-14H,3,8H2,1-2H3. The summed E-state index contributed by atoms with van der Waals surface area (Å²) in [5.41, 5.74) is 0.926. The predicted octanol–water partition coefficient (Wildman–Crippen LogP) is 2.34. The van der Waals surface area contributed by atoms with Crippen molar-refractivity contribution < 1.29 is 8.42 Å². The Labute approximate surface area is 111 Å². The van der Waals surface area contributed by atoms with Crippen LogP contribution < -0.4 is 9.44 Å². The van der Waals surface area contributed by atoms with E-state index < -0.39 is 10.2 Å². The highest BCUT2D eigenvalue weighted by atomic mass is 79.9. The van der Waals surface area contributed by atoms with Crippen LogP contribution >= 0.6 is 15.9 Å². The molecule has 0 fully saturated rings. The molecule has 17 heavy (non-hydrogen) atoms. The third-order valence-electron chi connectivity index (χ3n) is 2.24. The molecule has 0 aliphatic heterocycles. The lowest BCUT2D eigenvalue weighted by Gasteiger charge is -2.15. The molecule has 2 N–H and O–H groups in total. The van der Waals surface area contributed by atoms with E-state index in [1.165, 1.54) is 0 Å². The van der Waals surface area contributed by atoms with Crippen LogP contribution in [0, 0.1) is 0 Å². The van der Waals surface area contributed by atoms with Gasteiger partial charge in [-0.1, -0.05) is 35.0 Å². The van der Waals surface area contributed by atoms with Crippen molar-refractivity contribution in [2.75, 3.05) is 6.54 Å². The zero-order chi connectivity index (χ0) is 12.9. The van der Waals surface area contributed by atoms with Gasteiger partial charge in [0.15, 0.2) is 0 Å². The van der Waals surface area contributed by atoms with E-state index in [4.69, 9.17) is 0 Å². The number of hydrogen-bond acceptors (Lipinski definition) is 2. The van der Waals surface area contributed by atoms with Crippen LogP contribution in [0.1, 0.15) is 31.9 Å². The van der Waals surface area contributed by atoms with Crippen LogP contribution in [0.15, 0.2) is 28.7 Å². The molecule has 1 aromatic carbocycles. The lowest BCUT2D eigenvalue weighted by Crippen LogP contribution is -2.38. The van der Waals surface area contributed by atoms with Crippen molar-refractivity contribution in [1.29, 1.82) is 0 Å². The Hall–Kier alpha value is -0.430. The first-order chi connectivity index (χ1) is 7.94. The highest BCUT2D eigenvalue weighted by Crippen LogP contribution is 2.16. The van der Waals surface area contributed by atoms with E-state index in [0.29, 0.717) is 6.54 Å². The second-order valence-corrected chi connectivity index (χ2v) is 6.24. The van der Waals surface area contributed by atoms with Crippen LogP contribution in [0.4, 0.5) is 0 Å². The summed E-state index contributed by atoms with van der Waals surface area (Å²) < 4.78 is 29.2. The first-order valence-corrected chi connectivity index (χ1v) is 7.74. The van der Waals surface area contributed by atoms with E-state index >= 15 is 0 Å². The third-order valence-corrected chi connectivity index (χ3v) is 4.02. The smallest absolute Gasteiger partial charge is 0.202 e. The predicted molar refractivity (Wildman–Crippen MR) is 72.9 cm³/mol. The summed E-state index contributed by atoms with van der Waals surface area (Å²) in [6, 6.07) is 7.30. The van der Waals surface area contributed by atoms with Crippen LogP contribution in [-0.4, -0.2) is 15.0 Å². The molecule has 0 aliphatic rings. The molecular weight excluding hydrogens is 304 g/mol. The maximum Gasteiger partial charge on any atom is 0.277 e. The Kier molecular flexibility index (Phi) is 5.58. The Morgan fingerprint density at radius 2 is 1.88 bits per heavy atom. The molecule has 0 aromatic heterocycles. The lowest BCUT2D eigenvalue weighted by atomic mass is 10.1. The van der Waals surface area contributed by atoms with E-state index in [2.05, 4.69) is 25.4 Å². The zero-order valence-corrected chi connectivity index (χ0v) is 12.3. The minimum absolute atomic E-state index is 0.252. The topological polar surface area (TPSA) is 58.2 Å². The molecule has 1 unspecified atom stereocenters. The molecule has 1 atom stereocenters. The van der Waals surface area contributed by atoms with Crippen molar-refractivity contribution in [2.45, 2.75) is 26.3 Å². The molecule has 0 heterocycles. The Balaban J connectivity index is 2.65. The van der Waals surface area contributed by atoms with Gasteiger partial charge in [0.1, 0.15) is 0 Å². The Bertz CT molecular complexity index is 445. The summed E-state index contributed by atoms with van der Waals surface area (Å²) in [7, 11) is -3.41. The van der Waals surface area contributed by atoms with Gasteiger partial charge in [0, 0.05) is 17.1 Å². The van der Waals surface area contributed by atoms with Gasteiger partial charge in [-0.15, -0.1) is 0 Å². The largest absolute Gasteiger partial charge is 0.277 e. The summed E-state index contributed by atoms with van der Waals surface area (Å²) in [5.74, 6) is 0. The van der Waals surface area contributed by atoms with E-state index in [0.717, 1.165) is 16.5 Å². The van der Waals surface area contributed by atoms with Crippen molar-refractivity contribution in [3.8, 4) is 0 Å². The molecule has 0 aliphatic carbocycles. The molecule has 4 nitrogen and oxygen atoms in total. The Morgan fingerprint density at radius 3 is 2.41 bits per heavy atom. The van der Waals surface area contributed by atoms with Crippen LogP contribution in [0.2, 0.25) is 0 Å². The minimum Gasteiger partial charge on any atom is -0.202 e. The first-order valence-electron chi connectivity index (χ1n) is 5.47. The molecular formula is C11H17BrN2O2S. The number of nitrogens with one attached hydrogen (secondary N) is 2. The van der Waals surface area contributed by atoms with Gasteiger partial charge >= 0.3 is 0 Å². The monoisotopic (exact) mass is 320 g/mol. The molecule has 0 radical (unpaired) electrons. The van der Waals surface area contributed by atoms with Crippen molar-refractivity contribution >= 4 is 26.1 Å². The number of rotatable bonds is 6. The van der Waals surface area contributed by atoms with Gasteiger partial charge in [-0.05, 0) is 31.0 Å².